The van der Waals surface area contributed by atoms with Crippen LogP contribution in [0.2, 0.25) is 0 Å². The van der Waals surface area contributed by atoms with Crippen LogP contribution in [0.15, 0.2) is 23.9 Å². The molecule has 1 aromatic rings. The van der Waals surface area contributed by atoms with Crippen molar-refractivity contribution in [2.24, 2.45) is 0 Å². The second kappa shape index (κ2) is 7.61. The Labute approximate surface area is 160 Å². The fraction of sp³-hybridized carbons (Fsp3) is 0.600. The second-order valence-corrected chi connectivity index (χ2v) is 8.75. The molecule has 0 N–H and O–H groups in total. The topological polar surface area (TPSA) is 27.7 Å². The van der Waals surface area contributed by atoms with Gasteiger partial charge in [-0.2, -0.15) is 0 Å². The van der Waals surface area contributed by atoms with Crippen molar-refractivity contribution < 1.29 is 27.2 Å². The number of rotatable bonds is 5. The third kappa shape index (κ3) is 5.15. The van der Waals surface area contributed by atoms with Gasteiger partial charge >= 0.3 is 7.12 Å². The van der Waals surface area contributed by atoms with Crippen LogP contribution in [0.3, 0.4) is 0 Å². The van der Waals surface area contributed by atoms with Crippen LogP contribution in [0.5, 0.6) is 0 Å². The van der Waals surface area contributed by atoms with Gasteiger partial charge in [-0.25, -0.2) is 13.2 Å². The van der Waals surface area contributed by atoms with E-state index in [1.54, 1.807) is 27.7 Å². The first kappa shape index (κ1) is 22.0. The normalized spacial score (nSPS) is 20.0. The number of benzene rings is 1. The van der Waals surface area contributed by atoms with E-state index in [9.17, 15) is 8.78 Å². The molecule has 0 amide bonds. The minimum Gasteiger partial charge on any atom is -0.398 e. The third-order valence-electron chi connectivity index (χ3n) is 4.89. The Morgan fingerprint density at radius 3 is 2.15 bits per heavy atom. The van der Waals surface area contributed by atoms with Crippen molar-refractivity contribution >= 4 is 12.7 Å². The molecule has 150 valence electrons. The van der Waals surface area contributed by atoms with Gasteiger partial charge in [0.1, 0.15) is 17.4 Å². The first-order valence-corrected chi connectivity index (χ1v) is 9.07. The molecule has 0 aliphatic carbocycles. The highest BCUT2D eigenvalue weighted by atomic mass is 19.1. The Kier molecular flexibility index (Phi) is 6.19. The fourth-order valence-corrected chi connectivity index (χ4v) is 2.66. The molecule has 0 spiro atoms. The molecular formula is C20H28BF3O3. The summed E-state index contributed by atoms with van der Waals surface area (Å²) in [5.41, 5.74) is -2.87. The molecule has 2 rings (SSSR count). The number of ether oxygens (including phenoxy) is 1. The summed E-state index contributed by atoms with van der Waals surface area (Å²) < 4.78 is 60.5. The molecule has 1 fully saturated rings. The largest absolute Gasteiger partial charge is 0.525 e. The molecule has 1 aliphatic heterocycles. The van der Waals surface area contributed by atoms with Gasteiger partial charge in [0, 0.05) is 5.56 Å². The first-order valence-electron chi connectivity index (χ1n) is 9.07. The van der Waals surface area contributed by atoms with E-state index in [1.807, 2.05) is 20.8 Å². The standard InChI is InChI=1S/C20H28BF3O3/c1-18(2,3)25-11-10-14(15-12-13(22)8-9-16(15)23)17(24)21-26-19(4,5)20(6,7)27-21/h8-9,12H,10-11H2,1-7H3. The van der Waals surface area contributed by atoms with Crippen molar-refractivity contribution in [3.63, 3.8) is 0 Å². The predicted octanol–water partition coefficient (Wildman–Crippen LogP) is 5.48. The lowest BCUT2D eigenvalue weighted by Gasteiger charge is -2.32. The van der Waals surface area contributed by atoms with E-state index in [0.29, 0.717) is 0 Å². The van der Waals surface area contributed by atoms with Crippen LogP contribution in [0.1, 0.15) is 60.5 Å². The van der Waals surface area contributed by atoms with Crippen LogP contribution in [-0.2, 0) is 14.0 Å². The molecular weight excluding hydrogens is 356 g/mol. The van der Waals surface area contributed by atoms with Gasteiger partial charge in [0.15, 0.2) is 0 Å². The van der Waals surface area contributed by atoms with E-state index >= 15 is 4.39 Å². The zero-order valence-corrected chi connectivity index (χ0v) is 17.1. The van der Waals surface area contributed by atoms with E-state index in [1.165, 1.54) is 0 Å². The van der Waals surface area contributed by atoms with Crippen molar-refractivity contribution in [1.82, 2.24) is 0 Å². The first-order chi connectivity index (χ1) is 12.2. The summed E-state index contributed by atoms with van der Waals surface area (Å²) in [6, 6.07) is 2.95. The van der Waals surface area contributed by atoms with Crippen molar-refractivity contribution in [3.8, 4) is 0 Å². The molecule has 0 saturated carbocycles. The number of hydrogen-bond donors (Lipinski definition) is 0. The molecule has 1 aliphatic rings. The maximum atomic E-state index is 15.4. The van der Waals surface area contributed by atoms with E-state index < -0.39 is 41.3 Å². The Balaban J connectivity index is 2.42. The minimum atomic E-state index is -1.29. The molecule has 1 heterocycles. The molecule has 0 atom stereocenters. The maximum absolute atomic E-state index is 15.4. The SMILES string of the molecule is CC(C)(C)OCCC(=C(F)B1OC(C)(C)C(C)(C)O1)c1cc(F)ccc1F. The fourth-order valence-electron chi connectivity index (χ4n) is 2.66. The summed E-state index contributed by atoms with van der Waals surface area (Å²) in [4.78, 5) is 0. The maximum Gasteiger partial charge on any atom is 0.525 e. The zero-order valence-electron chi connectivity index (χ0n) is 17.1. The van der Waals surface area contributed by atoms with Gasteiger partial charge in [0.05, 0.1) is 23.4 Å². The second-order valence-electron chi connectivity index (χ2n) is 8.75. The molecule has 1 saturated heterocycles. The van der Waals surface area contributed by atoms with Crippen molar-refractivity contribution in [3.05, 3.63) is 41.1 Å². The van der Waals surface area contributed by atoms with Crippen LogP contribution in [-0.4, -0.2) is 30.5 Å². The van der Waals surface area contributed by atoms with Gasteiger partial charge in [-0.1, -0.05) is 0 Å². The molecule has 0 aromatic heterocycles. The molecule has 27 heavy (non-hydrogen) atoms. The van der Waals surface area contributed by atoms with Crippen molar-refractivity contribution in [2.75, 3.05) is 6.61 Å². The lowest BCUT2D eigenvalue weighted by atomic mass is 9.81. The summed E-state index contributed by atoms with van der Waals surface area (Å²) in [6.07, 6.45) is 0.0492. The van der Waals surface area contributed by atoms with Gasteiger partial charge in [-0.05, 0) is 78.7 Å². The molecule has 1 aromatic carbocycles. The molecule has 0 unspecified atom stereocenters. The van der Waals surface area contributed by atoms with E-state index in [4.69, 9.17) is 14.0 Å². The summed E-state index contributed by atoms with van der Waals surface area (Å²) in [5, 5.41) is 0. The molecule has 0 radical (unpaired) electrons. The van der Waals surface area contributed by atoms with E-state index in [2.05, 4.69) is 0 Å². The average Bonchev–Trinajstić information content (AvgIpc) is 2.73. The van der Waals surface area contributed by atoms with Gasteiger partial charge in [0.2, 0.25) is 0 Å². The van der Waals surface area contributed by atoms with E-state index in [0.717, 1.165) is 18.2 Å². The van der Waals surface area contributed by atoms with Crippen molar-refractivity contribution in [2.45, 2.75) is 71.7 Å². The van der Waals surface area contributed by atoms with Crippen LogP contribution in [0, 0.1) is 11.6 Å². The monoisotopic (exact) mass is 384 g/mol. The highest BCUT2D eigenvalue weighted by Gasteiger charge is 2.53. The lowest BCUT2D eigenvalue weighted by molar-refractivity contribution is 0.000550. The third-order valence-corrected chi connectivity index (χ3v) is 4.89. The van der Waals surface area contributed by atoms with Crippen LogP contribution >= 0.6 is 0 Å². The number of hydrogen-bond acceptors (Lipinski definition) is 3. The molecule has 0 bridgehead atoms. The lowest BCUT2D eigenvalue weighted by Crippen LogP contribution is -2.41. The van der Waals surface area contributed by atoms with Crippen LogP contribution < -0.4 is 0 Å². The van der Waals surface area contributed by atoms with Gasteiger partial charge in [-0.3, -0.25) is 0 Å². The Bertz CT molecular complexity index is 708. The summed E-state index contributed by atoms with van der Waals surface area (Å²) in [7, 11) is -1.29. The average molecular weight is 384 g/mol. The van der Waals surface area contributed by atoms with Crippen LogP contribution in [0.4, 0.5) is 13.2 Å². The Morgan fingerprint density at radius 1 is 1.07 bits per heavy atom. The van der Waals surface area contributed by atoms with Crippen LogP contribution in [0.25, 0.3) is 5.57 Å². The highest BCUT2D eigenvalue weighted by molar-refractivity contribution is 6.55. The Hall–Kier alpha value is -1.31. The summed E-state index contributed by atoms with van der Waals surface area (Å²) in [5.74, 6) is -1.36. The van der Waals surface area contributed by atoms with Gasteiger partial charge in [0.25, 0.3) is 0 Å². The summed E-state index contributed by atoms with van der Waals surface area (Å²) >= 11 is 0. The van der Waals surface area contributed by atoms with Crippen molar-refractivity contribution in [1.29, 1.82) is 0 Å². The van der Waals surface area contributed by atoms with Gasteiger partial charge in [-0.15, -0.1) is 0 Å². The Morgan fingerprint density at radius 2 is 1.63 bits per heavy atom. The molecule has 3 nitrogen and oxygen atoms in total. The van der Waals surface area contributed by atoms with E-state index in [-0.39, 0.29) is 24.2 Å². The summed E-state index contributed by atoms with van der Waals surface area (Å²) in [6.45, 7) is 12.9. The quantitative estimate of drug-likeness (QED) is 0.629. The zero-order chi connectivity index (χ0) is 20.6. The van der Waals surface area contributed by atoms with Gasteiger partial charge < -0.3 is 14.0 Å². The minimum absolute atomic E-state index is 0.0187. The number of halogens is 3. The highest BCUT2D eigenvalue weighted by Crippen LogP contribution is 2.41. The smallest absolute Gasteiger partial charge is 0.398 e. The molecule has 7 heteroatoms. The predicted molar refractivity (Wildman–Crippen MR) is 101 cm³/mol.